The van der Waals surface area contributed by atoms with Gasteiger partial charge in [-0.2, -0.15) is 0 Å². The normalized spacial score (nSPS) is 11.1. The zero-order valence-electron chi connectivity index (χ0n) is 9.98. The molecule has 3 aromatic rings. The number of benzene rings is 1. The third-order valence-electron chi connectivity index (χ3n) is 2.89. The number of nitrogens with zero attached hydrogens (tertiary/aromatic N) is 2. The third kappa shape index (κ3) is 2.46. The fourth-order valence-electron chi connectivity index (χ4n) is 2.04. The summed E-state index contributed by atoms with van der Waals surface area (Å²) in [7, 11) is 0. The van der Waals surface area contributed by atoms with Crippen molar-refractivity contribution in [2.45, 2.75) is 6.42 Å². The second kappa shape index (κ2) is 4.66. The lowest BCUT2D eigenvalue weighted by Crippen LogP contribution is -1.92. The van der Waals surface area contributed by atoms with Crippen LogP contribution in [0.5, 0.6) is 0 Å². The first-order valence-electron chi connectivity index (χ1n) is 5.79. The van der Waals surface area contributed by atoms with Crippen molar-refractivity contribution in [3.05, 3.63) is 64.3 Å². The summed E-state index contributed by atoms with van der Waals surface area (Å²) < 4.78 is 15.6. The van der Waals surface area contributed by atoms with Gasteiger partial charge in [-0.15, -0.1) is 0 Å². The molecule has 0 unspecified atom stereocenters. The van der Waals surface area contributed by atoms with E-state index in [1.165, 1.54) is 12.1 Å². The molecule has 2 N–H and O–H groups in total. The number of fused-ring (bicyclic) bond motifs is 1. The minimum Gasteiger partial charge on any atom is -0.396 e. The van der Waals surface area contributed by atoms with Crippen molar-refractivity contribution < 1.29 is 4.39 Å². The lowest BCUT2D eigenvalue weighted by molar-refractivity contribution is 0.627. The maximum absolute atomic E-state index is 12.8. The number of hydrogen-bond acceptors (Lipinski definition) is 2. The number of rotatable bonds is 2. The van der Waals surface area contributed by atoms with E-state index in [0.29, 0.717) is 12.1 Å². The van der Waals surface area contributed by atoms with Gasteiger partial charge >= 0.3 is 0 Å². The minimum absolute atomic E-state index is 0.230. The molecule has 2 heterocycles. The fraction of sp³-hybridized carbons (Fsp3) is 0.0714. The Hall–Kier alpha value is -1.88. The smallest absolute Gasteiger partial charge is 0.160 e. The average Bonchev–Trinajstić information content (AvgIpc) is 2.75. The number of nitrogen functional groups attached to an aromatic ring is 1. The van der Waals surface area contributed by atoms with Crippen molar-refractivity contribution in [1.82, 2.24) is 9.38 Å². The van der Waals surface area contributed by atoms with E-state index in [-0.39, 0.29) is 5.82 Å². The second-order valence-corrected chi connectivity index (χ2v) is 5.30. The summed E-state index contributed by atoms with van der Waals surface area (Å²) >= 11 is 3.40. The van der Waals surface area contributed by atoms with Crippen LogP contribution in [0.1, 0.15) is 11.3 Å². The first kappa shape index (κ1) is 12.2. The van der Waals surface area contributed by atoms with Crippen LogP contribution in [0, 0.1) is 5.82 Å². The maximum atomic E-state index is 12.8. The van der Waals surface area contributed by atoms with Gasteiger partial charge in [0.25, 0.3) is 0 Å². The van der Waals surface area contributed by atoms with Crippen LogP contribution in [0.4, 0.5) is 10.1 Å². The summed E-state index contributed by atoms with van der Waals surface area (Å²) in [5.41, 5.74) is 9.20. The van der Waals surface area contributed by atoms with Gasteiger partial charge in [-0.1, -0.05) is 12.1 Å². The molecule has 0 atom stereocenters. The standard InChI is InChI=1S/C14H11BrFN3/c15-10-6-13(17)14-18-12(8-19(14)7-10)5-9-1-3-11(16)4-2-9/h1-4,6-8H,5,17H2. The van der Waals surface area contributed by atoms with Gasteiger partial charge in [0.2, 0.25) is 0 Å². The first-order chi connectivity index (χ1) is 9.11. The van der Waals surface area contributed by atoms with Crippen LogP contribution in [0.3, 0.4) is 0 Å². The molecule has 0 spiro atoms. The summed E-state index contributed by atoms with van der Waals surface area (Å²) in [5.74, 6) is -0.230. The molecule has 0 amide bonds. The summed E-state index contributed by atoms with van der Waals surface area (Å²) in [6.07, 6.45) is 4.49. The average molecular weight is 320 g/mol. The van der Waals surface area contributed by atoms with Crippen LogP contribution in [0.15, 0.2) is 47.2 Å². The zero-order chi connectivity index (χ0) is 13.4. The van der Waals surface area contributed by atoms with E-state index in [9.17, 15) is 4.39 Å². The number of halogens is 2. The van der Waals surface area contributed by atoms with Crippen molar-refractivity contribution in [3.8, 4) is 0 Å². The summed E-state index contributed by atoms with van der Waals surface area (Å²) in [4.78, 5) is 4.49. The first-order valence-corrected chi connectivity index (χ1v) is 6.58. The number of nitrogens with two attached hydrogens (primary N) is 1. The lowest BCUT2D eigenvalue weighted by atomic mass is 10.1. The maximum Gasteiger partial charge on any atom is 0.160 e. The van der Waals surface area contributed by atoms with Gasteiger partial charge < -0.3 is 10.1 Å². The molecule has 0 saturated carbocycles. The number of anilines is 1. The van der Waals surface area contributed by atoms with E-state index >= 15 is 0 Å². The van der Waals surface area contributed by atoms with Gasteiger partial charge in [0.05, 0.1) is 11.4 Å². The van der Waals surface area contributed by atoms with Gasteiger partial charge in [0.15, 0.2) is 5.65 Å². The van der Waals surface area contributed by atoms with Crippen molar-refractivity contribution >= 4 is 27.3 Å². The largest absolute Gasteiger partial charge is 0.396 e. The molecule has 0 radical (unpaired) electrons. The Morgan fingerprint density at radius 1 is 1.21 bits per heavy atom. The highest BCUT2D eigenvalue weighted by Crippen LogP contribution is 2.20. The molecule has 0 saturated heterocycles. The number of hydrogen-bond donors (Lipinski definition) is 1. The van der Waals surface area contributed by atoms with Gasteiger partial charge in [-0.25, -0.2) is 9.37 Å². The van der Waals surface area contributed by atoms with Crippen molar-refractivity contribution in [3.63, 3.8) is 0 Å². The highest BCUT2D eigenvalue weighted by atomic mass is 79.9. The Balaban J connectivity index is 1.97. The molecular weight excluding hydrogens is 309 g/mol. The SMILES string of the molecule is Nc1cc(Br)cn2cc(Cc3ccc(F)cc3)nc12. The summed E-state index contributed by atoms with van der Waals surface area (Å²) in [5, 5.41) is 0. The highest BCUT2D eigenvalue weighted by molar-refractivity contribution is 9.10. The molecule has 0 aliphatic carbocycles. The fourth-order valence-corrected chi connectivity index (χ4v) is 2.50. The topological polar surface area (TPSA) is 43.3 Å². The Kier molecular flexibility index (Phi) is 2.98. The van der Waals surface area contributed by atoms with Gasteiger partial charge in [0.1, 0.15) is 5.82 Å². The highest BCUT2D eigenvalue weighted by Gasteiger charge is 2.06. The molecule has 3 nitrogen and oxygen atoms in total. The number of imidazole rings is 1. The molecule has 1 aromatic carbocycles. The van der Waals surface area contributed by atoms with Crippen molar-refractivity contribution in [2.75, 3.05) is 5.73 Å². The van der Waals surface area contributed by atoms with Gasteiger partial charge in [0, 0.05) is 23.3 Å². The number of aromatic nitrogens is 2. The molecule has 96 valence electrons. The molecule has 0 aliphatic heterocycles. The van der Waals surface area contributed by atoms with Crippen LogP contribution >= 0.6 is 15.9 Å². The lowest BCUT2D eigenvalue weighted by Gasteiger charge is -1.97. The second-order valence-electron chi connectivity index (χ2n) is 4.38. The zero-order valence-corrected chi connectivity index (χ0v) is 11.6. The van der Waals surface area contributed by atoms with Crippen molar-refractivity contribution in [1.29, 1.82) is 0 Å². The molecule has 19 heavy (non-hydrogen) atoms. The van der Waals surface area contributed by atoms with Gasteiger partial charge in [-0.05, 0) is 39.7 Å². The number of pyridine rings is 1. The van der Waals surface area contributed by atoms with E-state index in [1.54, 1.807) is 12.1 Å². The van der Waals surface area contributed by atoms with Crippen LogP contribution in [-0.2, 0) is 6.42 Å². The van der Waals surface area contributed by atoms with Crippen LogP contribution in [0.2, 0.25) is 0 Å². The molecule has 2 aromatic heterocycles. The molecule has 3 rings (SSSR count). The Bertz CT molecular complexity index is 734. The third-order valence-corrected chi connectivity index (χ3v) is 3.33. The predicted molar refractivity (Wildman–Crippen MR) is 76.5 cm³/mol. The van der Waals surface area contributed by atoms with E-state index in [4.69, 9.17) is 5.73 Å². The van der Waals surface area contributed by atoms with Gasteiger partial charge in [-0.3, -0.25) is 0 Å². The summed E-state index contributed by atoms with van der Waals surface area (Å²) in [6, 6.07) is 8.26. The molecule has 0 aliphatic rings. The Morgan fingerprint density at radius 2 is 1.95 bits per heavy atom. The Morgan fingerprint density at radius 3 is 2.68 bits per heavy atom. The van der Waals surface area contributed by atoms with E-state index < -0.39 is 0 Å². The predicted octanol–water partition coefficient (Wildman–Crippen LogP) is 3.41. The van der Waals surface area contributed by atoms with E-state index in [2.05, 4.69) is 20.9 Å². The quantitative estimate of drug-likeness (QED) is 0.786. The molecular formula is C14H11BrFN3. The molecule has 0 bridgehead atoms. The monoisotopic (exact) mass is 319 g/mol. The van der Waals surface area contributed by atoms with Crippen LogP contribution in [0.25, 0.3) is 5.65 Å². The summed E-state index contributed by atoms with van der Waals surface area (Å²) in [6.45, 7) is 0. The van der Waals surface area contributed by atoms with Crippen LogP contribution in [-0.4, -0.2) is 9.38 Å². The Labute approximate surface area is 118 Å². The van der Waals surface area contributed by atoms with Crippen LogP contribution < -0.4 is 5.73 Å². The van der Waals surface area contributed by atoms with Crippen molar-refractivity contribution in [2.24, 2.45) is 0 Å². The minimum atomic E-state index is -0.230. The molecule has 5 heteroatoms. The van der Waals surface area contributed by atoms with E-state index in [0.717, 1.165) is 21.4 Å². The van der Waals surface area contributed by atoms with E-state index in [1.807, 2.05) is 22.9 Å². The molecule has 0 fully saturated rings.